The summed E-state index contributed by atoms with van der Waals surface area (Å²) in [4.78, 5) is 14.1. The molecule has 6 heteroatoms. The number of piperidine rings is 1. The van der Waals surface area contributed by atoms with Crippen LogP contribution in [0.15, 0.2) is 6.07 Å². The monoisotopic (exact) mass is 252 g/mol. The van der Waals surface area contributed by atoms with Gasteiger partial charge in [0.15, 0.2) is 5.69 Å². The van der Waals surface area contributed by atoms with E-state index in [1.54, 1.807) is 24.9 Å². The SMILES string of the molecule is COc1cc(C(=O)N2CCC(CN)CC2)nn1C. The topological polar surface area (TPSA) is 73.4 Å². The number of hydrogen-bond acceptors (Lipinski definition) is 4. The summed E-state index contributed by atoms with van der Waals surface area (Å²) >= 11 is 0. The van der Waals surface area contributed by atoms with Crippen LogP contribution in [0.2, 0.25) is 0 Å². The number of likely N-dealkylation sites (tertiary alicyclic amines) is 1. The van der Waals surface area contributed by atoms with Crippen LogP contribution in [-0.2, 0) is 7.05 Å². The number of carbonyl (C=O) groups is 1. The van der Waals surface area contributed by atoms with Gasteiger partial charge in [-0.25, -0.2) is 4.68 Å². The van der Waals surface area contributed by atoms with Gasteiger partial charge in [-0.3, -0.25) is 4.79 Å². The minimum absolute atomic E-state index is 0.0237. The molecule has 1 aliphatic rings. The molecule has 2 rings (SSSR count). The van der Waals surface area contributed by atoms with Crippen molar-refractivity contribution >= 4 is 5.91 Å². The van der Waals surface area contributed by atoms with Crippen molar-refractivity contribution in [2.24, 2.45) is 18.7 Å². The van der Waals surface area contributed by atoms with Crippen LogP contribution in [0.25, 0.3) is 0 Å². The molecule has 0 atom stereocenters. The minimum atomic E-state index is -0.0237. The number of nitrogens with two attached hydrogens (primary N) is 1. The first-order valence-corrected chi connectivity index (χ1v) is 6.23. The van der Waals surface area contributed by atoms with E-state index in [-0.39, 0.29) is 5.91 Å². The lowest BCUT2D eigenvalue weighted by Crippen LogP contribution is -2.40. The third kappa shape index (κ3) is 2.48. The third-order valence-electron chi connectivity index (χ3n) is 3.50. The Morgan fingerprint density at radius 2 is 2.22 bits per heavy atom. The van der Waals surface area contributed by atoms with Crippen LogP contribution in [0.3, 0.4) is 0 Å². The molecule has 1 aromatic rings. The molecule has 2 heterocycles. The highest BCUT2D eigenvalue weighted by Gasteiger charge is 2.25. The molecule has 0 aromatic carbocycles. The molecular weight excluding hydrogens is 232 g/mol. The van der Waals surface area contributed by atoms with Crippen molar-refractivity contribution in [3.8, 4) is 5.88 Å². The summed E-state index contributed by atoms with van der Waals surface area (Å²) in [5, 5.41) is 4.17. The molecule has 100 valence electrons. The fourth-order valence-electron chi connectivity index (χ4n) is 2.28. The summed E-state index contributed by atoms with van der Waals surface area (Å²) in [5.74, 6) is 1.12. The molecule has 0 bridgehead atoms. The average Bonchev–Trinajstić information content (AvgIpc) is 2.79. The fraction of sp³-hybridized carbons (Fsp3) is 0.667. The highest BCUT2D eigenvalue weighted by molar-refractivity contribution is 5.92. The Kier molecular flexibility index (Phi) is 3.86. The van der Waals surface area contributed by atoms with Crippen molar-refractivity contribution < 1.29 is 9.53 Å². The number of nitrogens with zero attached hydrogens (tertiary/aromatic N) is 3. The van der Waals surface area contributed by atoms with Crippen LogP contribution in [0.4, 0.5) is 0 Å². The second kappa shape index (κ2) is 5.39. The first-order valence-electron chi connectivity index (χ1n) is 6.23. The standard InChI is InChI=1S/C12H20N4O2/c1-15-11(18-2)7-10(14-15)12(17)16-5-3-9(8-13)4-6-16/h7,9H,3-6,8,13H2,1-2H3. The van der Waals surface area contributed by atoms with Gasteiger partial charge in [-0.2, -0.15) is 5.10 Å². The Bertz CT molecular complexity index is 422. The van der Waals surface area contributed by atoms with Gasteiger partial charge in [0.1, 0.15) is 0 Å². The Hall–Kier alpha value is -1.56. The molecule has 0 aliphatic carbocycles. The van der Waals surface area contributed by atoms with Gasteiger partial charge >= 0.3 is 0 Å². The van der Waals surface area contributed by atoms with Gasteiger partial charge < -0.3 is 15.4 Å². The summed E-state index contributed by atoms with van der Waals surface area (Å²) in [6.07, 6.45) is 1.96. The van der Waals surface area contributed by atoms with Crippen LogP contribution in [-0.4, -0.2) is 47.3 Å². The van der Waals surface area contributed by atoms with Gasteiger partial charge in [-0.05, 0) is 25.3 Å². The van der Waals surface area contributed by atoms with Crippen molar-refractivity contribution in [3.05, 3.63) is 11.8 Å². The Morgan fingerprint density at radius 1 is 1.56 bits per heavy atom. The maximum atomic E-state index is 12.2. The van der Waals surface area contributed by atoms with Crippen LogP contribution < -0.4 is 10.5 Å². The second-order valence-electron chi connectivity index (χ2n) is 4.67. The number of amides is 1. The van der Waals surface area contributed by atoms with Gasteiger partial charge in [0.05, 0.1) is 7.11 Å². The van der Waals surface area contributed by atoms with Gasteiger partial charge in [-0.15, -0.1) is 0 Å². The van der Waals surface area contributed by atoms with E-state index in [1.165, 1.54) is 0 Å². The lowest BCUT2D eigenvalue weighted by molar-refractivity contribution is 0.0686. The number of carbonyl (C=O) groups excluding carboxylic acids is 1. The molecule has 1 aliphatic heterocycles. The predicted molar refractivity (Wildman–Crippen MR) is 67.4 cm³/mol. The average molecular weight is 252 g/mol. The molecule has 1 amide bonds. The minimum Gasteiger partial charge on any atom is -0.481 e. The molecule has 0 saturated carbocycles. The lowest BCUT2D eigenvalue weighted by Gasteiger charge is -2.30. The van der Waals surface area contributed by atoms with Crippen molar-refractivity contribution in [3.63, 3.8) is 0 Å². The number of rotatable bonds is 3. The summed E-state index contributed by atoms with van der Waals surface area (Å²) in [6.45, 7) is 2.23. The lowest BCUT2D eigenvalue weighted by atomic mass is 9.97. The summed E-state index contributed by atoms with van der Waals surface area (Å²) < 4.78 is 6.68. The number of aromatic nitrogens is 2. The Balaban J connectivity index is 2.03. The smallest absolute Gasteiger partial charge is 0.274 e. The largest absolute Gasteiger partial charge is 0.481 e. The summed E-state index contributed by atoms with van der Waals surface area (Å²) in [7, 11) is 3.33. The zero-order chi connectivity index (χ0) is 13.1. The Morgan fingerprint density at radius 3 is 2.72 bits per heavy atom. The van der Waals surface area contributed by atoms with E-state index < -0.39 is 0 Å². The van der Waals surface area contributed by atoms with E-state index in [2.05, 4.69) is 5.10 Å². The molecule has 2 N–H and O–H groups in total. The van der Waals surface area contributed by atoms with Crippen LogP contribution in [0.5, 0.6) is 5.88 Å². The molecule has 18 heavy (non-hydrogen) atoms. The van der Waals surface area contributed by atoms with E-state index in [0.29, 0.717) is 24.0 Å². The van der Waals surface area contributed by atoms with Crippen LogP contribution in [0, 0.1) is 5.92 Å². The summed E-state index contributed by atoms with van der Waals surface area (Å²) in [6, 6.07) is 1.68. The number of methoxy groups -OCH3 is 1. The zero-order valence-electron chi connectivity index (χ0n) is 10.9. The number of hydrogen-bond donors (Lipinski definition) is 1. The fourth-order valence-corrected chi connectivity index (χ4v) is 2.28. The van der Waals surface area contributed by atoms with Crippen molar-refractivity contribution in [1.29, 1.82) is 0 Å². The molecule has 6 nitrogen and oxygen atoms in total. The molecule has 1 fully saturated rings. The van der Waals surface area contributed by atoms with E-state index >= 15 is 0 Å². The Labute approximate surface area is 107 Å². The first-order chi connectivity index (χ1) is 8.65. The van der Waals surface area contributed by atoms with Crippen molar-refractivity contribution in [1.82, 2.24) is 14.7 Å². The van der Waals surface area contributed by atoms with Gasteiger partial charge in [0.25, 0.3) is 5.91 Å². The second-order valence-corrected chi connectivity index (χ2v) is 4.67. The molecule has 0 radical (unpaired) electrons. The first kappa shape index (κ1) is 12.9. The third-order valence-corrected chi connectivity index (χ3v) is 3.50. The van der Waals surface area contributed by atoms with Crippen molar-refractivity contribution in [2.45, 2.75) is 12.8 Å². The van der Waals surface area contributed by atoms with Crippen molar-refractivity contribution in [2.75, 3.05) is 26.7 Å². The molecular formula is C12H20N4O2. The highest BCUT2D eigenvalue weighted by atomic mass is 16.5. The zero-order valence-corrected chi connectivity index (χ0v) is 10.9. The number of aryl methyl sites for hydroxylation is 1. The summed E-state index contributed by atoms with van der Waals surface area (Å²) in [5.41, 5.74) is 6.09. The predicted octanol–water partition coefficient (Wildman–Crippen LogP) is 0.240. The van der Waals surface area contributed by atoms with E-state index in [9.17, 15) is 4.79 Å². The normalized spacial score (nSPS) is 16.9. The molecule has 1 saturated heterocycles. The van der Waals surface area contributed by atoms with E-state index in [1.807, 2.05) is 4.90 Å². The maximum absolute atomic E-state index is 12.2. The quantitative estimate of drug-likeness (QED) is 0.836. The highest BCUT2D eigenvalue weighted by Crippen LogP contribution is 2.19. The molecule has 1 aromatic heterocycles. The number of ether oxygens (including phenoxy) is 1. The van der Waals surface area contributed by atoms with Gasteiger partial charge in [-0.1, -0.05) is 0 Å². The van der Waals surface area contributed by atoms with Crippen LogP contribution >= 0.6 is 0 Å². The van der Waals surface area contributed by atoms with Crippen LogP contribution in [0.1, 0.15) is 23.3 Å². The van der Waals surface area contributed by atoms with Gasteiger partial charge in [0.2, 0.25) is 5.88 Å². The molecule has 0 spiro atoms. The van der Waals surface area contributed by atoms with Gasteiger partial charge in [0, 0.05) is 26.2 Å². The maximum Gasteiger partial charge on any atom is 0.274 e. The molecule has 0 unspecified atom stereocenters. The van der Waals surface area contributed by atoms with E-state index in [0.717, 1.165) is 25.9 Å². The van der Waals surface area contributed by atoms with E-state index in [4.69, 9.17) is 10.5 Å².